The summed E-state index contributed by atoms with van der Waals surface area (Å²) in [5, 5.41) is 11.7. The third-order valence-corrected chi connectivity index (χ3v) is 4.96. The second-order valence-electron chi connectivity index (χ2n) is 9.71. The number of carbonyl (C=O) groups excluding carboxylic acids is 2. The summed E-state index contributed by atoms with van der Waals surface area (Å²) in [6, 6.07) is 9.59. The van der Waals surface area contributed by atoms with Gasteiger partial charge in [0, 0.05) is 12.1 Å². The fraction of sp³-hybridized carbons (Fsp3) is 0.462. The van der Waals surface area contributed by atoms with Gasteiger partial charge in [-0.05, 0) is 60.1 Å². The Morgan fingerprint density at radius 1 is 1.06 bits per heavy atom. The lowest BCUT2D eigenvalue weighted by molar-refractivity contribution is -0.147. The van der Waals surface area contributed by atoms with E-state index in [2.05, 4.69) is 0 Å². The Balaban J connectivity index is 2.11. The van der Waals surface area contributed by atoms with E-state index in [-0.39, 0.29) is 35.3 Å². The number of hydrogen-bond donors (Lipinski definition) is 1. The molecule has 3 rings (SSSR count). The number of hydrogen-bond acceptors (Lipinski definition) is 6. The van der Waals surface area contributed by atoms with Crippen molar-refractivity contribution in [3.8, 4) is 0 Å². The molecule has 7 nitrogen and oxygen atoms in total. The molecule has 0 saturated carbocycles. The number of nitrogens with zero attached hydrogens (tertiary/aromatic N) is 1. The van der Waals surface area contributed by atoms with E-state index in [1.807, 2.05) is 36.4 Å². The van der Waals surface area contributed by atoms with Crippen LogP contribution in [0.25, 0.3) is 0 Å². The van der Waals surface area contributed by atoms with Gasteiger partial charge in [-0.1, -0.05) is 36.4 Å². The molecule has 7 heteroatoms. The number of amides is 1. The predicted octanol–water partition coefficient (Wildman–Crippen LogP) is 4.79. The van der Waals surface area contributed by atoms with Crippen LogP contribution in [0.4, 0.5) is 4.79 Å². The molecule has 33 heavy (non-hydrogen) atoms. The Labute approximate surface area is 195 Å². The highest BCUT2D eigenvalue weighted by Gasteiger charge is 2.62. The minimum Gasteiger partial charge on any atom is -0.487 e. The zero-order valence-electron chi connectivity index (χ0n) is 20.3. The molecular weight excluding hydrogens is 422 g/mol. The number of Topliss-reactive ketones (excluding diaryl/α,β-unsaturated/α-hetero) is 1. The van der Waals surface area contributed by atoms with Crippen LogP contribution in [-0.4, -0.2) is 45.3 Å². The van der Waals surface area contributed by atoms with Gasteiger partial charge in [-0.3, -0.25) is 9.69 Å². The molecule has 1 aliphatic carbocycles. The standard InChI is InChI=1S/C26H33NO6/c1-16(2)31-21-22(28)26(30,23(21)32-17(3)4)20-15-19(18-11-9-8-10-12-18)13-14-27(20)24(29)33-25(5,6)7/h8-17,19,30H,1-7H3. The van der Waals surface area contributed by atoms with Crippen LogP contribution in [0.5, 0.6) is 0 Å². The molecule has 1 aromatic carbocycles. The molecule has 1 N–H and O–H groups in total. The van der Waals surface area contributed by atoms with Gasteiger partial charge < -0.3 is 19.3 Å². The van der Waals surface area contributed by atoms with E-state index in [0.717, 1.165) is 5.56 Å². The van der Waals surface area contributed by atoms with Crippen molar-refractivity contribution in [3.63, 3.8) is 0 Å². The van der Waals surface area contributed by atoms with Gasteiger partial charge in [0.25, 0.3) is 0 Å². The molecule has 0 bridgehead atoms. The van der Waals surface area contributed by atoms with Crippen LogP contribution in [-0.2, 0) is 19.0 Å². The van der Waals surface area contributed by atoms with Crippen molar-refractivity contribution in [2.45, 2.75) is 77.8 Å². The zero-order valence-corrected chi connectivity index (χ0v) is 20.3. The van der Waals surface area contributed by atoms with Crippen molar-refractivity contribution in [1.82, 2.24) is 4.90 Å². The lowest BCUT2D eigenvalue weighted by Gasteiger charge is -2.44. The van der Waals surface area contributed by atoms with Crippen molar-refractivity contribution < 1.29 is 28.9 Å². The van der Waals surface area contributed by atoms with Crippen LogP contribution < -0.4 is 0 Å². The third-order valence-electron chi connectivity index (χ3n) is 4.96. The zero-order chi connectivity index (χ0) is 24.6. The van der Waals surface area contributed by atoms with Gasteiger partial charge in [0.15, 0.2) is 5.76 Å². The Bertz CT molecular complexity index is 999. The average Bonchev–Trinajstić information content (AvgIpc) is 2.74. The van der Waals surface area contributed by atoms with Gasteiger partial charge >= 0.3 is 6.09 Å². The van der Waals surface area contributed by atoms with Gasteiger partial charge in [-0.15, -0.1) is 0 Å². The molecule has 2 unspecified atom stereocenters. The number of ketones is 1. The quantitative estimate of drug-likeness (QED) is 0.664. The molecule has 178 valence electrons. The largest absolute Gasteiger partial charge is 0.487 e. The predicted molar refractivity (Wildman–Crippen MR) is 124 cm³/mol. The van der Waals surface area contributed by atoms with Gasteiger partial charge in [-0.2, -0.15) is 0 Å². The summed E-state index contributed by atoms with van der Waals surface area (Å²) in [6.07, 6.45) is 3.70. The molecule has 0 spiro atoms. The van der Waals surface area contributed by atoms with Crippen molar-refractivity contribution in [2.75, 3.05) is 0 Å². The molecule has 0 fully saturated rings. The summed E-state index contributed by atoms with van der Waals surface area (Å²) >= 11 is 0. The van der Waals surface area contributed by atoms with Crippen LogP contribution >= 0.6 is 0 Å². The molecule has 1 aliphatic heterocycles. The van der Waals surface area contributed by atoms with Crippen molar-refractivity contribution in [3.05, 3.63) is 71.5 Å². The fourth-order valence-electron chi connectivity index (χ4n) is 3.64. The van der Waals surface area contributed by atoms with E-state index in [4.69, 9.17) is 14.2 Å². The number of allylic oxidation sites excluding steroid dienone is 2. The molecule has 1 amide bonds. The molecule has 2 atom stereocenters. The molecule has 1 heterocycles. The van der Waals surface area contributed by atoms with Gasteiger partial charge in [0.2, 0.25) is 17.1 Å². The number of aliphatic hydroxyl groups is 1. The lowest BCUT2D eigenvalue weighted by Crippen LogP contribution is -2.58. The first-order chi connectivity index (χ1) is 15.3. The molecular formula is C26H33NO6. The van der Waals surface area contributed by atoms with E-state index >= 15 is 0 Å². The van der Waals surface area contributed by atoms with Crippen LogP contribution in [0.1, 0.15) is 59.9 Å². The smallest absolute Gasteiger partial charge is 0.418 e. The topological polar surface area (TPSA) is 85.3 Å². The minimum absolute atomic E-state index is 0.00174. The molecule has 0 aromatic heterocycles. The van der Waals surface area contributed by atoms with Crippen molar-refractivity contribution in [2.24, 2.45) is 0 Å². The highest BCUT2D eigenvalue weighted by atomic mass is 16.6. The van der Waals surface area contributed by atoms with Crippen molar-refractivity contribution >= 4 is 11.9 Å². The Morgan fingerprint density at radius 3 is 2.21 bits per heavy atom. The van der Waals surface area contributed by atoms with Gasteiger partial charge in [0.1, 0.15) is 5.60 Å². The summed E-state index contributed by atoms with van der Waals surface area (Å²) < 4.78 is 17.0. The maximum absolute atomic E-state index is 13.3. The van der Waals surface area contributed by atoms with Crippen LogP contribution in [0.15, 0.2) is 65.9 Å². The van der Waals surface area contributed by atoms with E-state index < -0.39 is 23.1 Å². The molecule has 1 aromatic rings. The van der Waals surface area contributed by atoms with Crippen LogP contribution in [0, 0.1) is 0 Å². The first kappa shape index (κ1) is 24.6. The highest BCUT2D eigenvalue weighted by molar-refractivity contribution is 6.13. The van der Waals surface area contributed by atoms with E-state index in [1.165, 1.54) is 11.1 Å². The average molecular weight is 456 g/mol. The van der Waals surface area contributed by atoms with Crippen LogP contribution in [0.3, 0.4) is 0 Å². The monoisotopic (exact) mass is 455 g/mol. The number of benzene rings is 1. The summed E-state index contributed by atoms with van der Waals surface area (Å²) in [5.41, 5.74) is -1.94. The summed E-state index contributed by atoms with van der Waals surface area (Å²) in [5.74, 6) is -0.962. The summed E-state index contributed by atoms with van der Waals surface area (Å²) in [4.78, 5) is 27.5. The lowest BCUT2D eigenvalue weighted by atomic mass is 9.77. The first-order valence-electron chi connectivity index (χ1n) is 11.2. The Kier molecular flexibility index (Phi) is 6.75. The second-order valence-corrected chi connectivity index (χ2v) is 9.71. The number of carbonyl (C=O) groups is 2. The summed E-state index contributed by atoms with van der Waals surface area (Å²) in [6.45, 7) is 12.4. The first-order valence-corrected chi connectivity index (χ1v) is 11.2. The maximum Gasteiger partial charge on any atom is 0.418 e. The Morgan fingerprint density at radius 2 is 1.67 bits per heavy atom. The normalized spacial score (nSPS) is 23.0. The molecule has 0 saturated heterocycles. The van der Waals surface area contributed by atoms with Crippen molar-refractivity contribution in [1.29, 1.82) is 0 Å². The molecule has 2 aliphatic rings. The maximum atomic E-state index is 13.3. The SMILES string of the molecule is CC(C)OC1=C(OC(C)C)C(O)(C2=CC(c3ccccc3)C=CN2C(=O)OC(C)(C)C)C1=O. The molecule has 0 radical (unpaired) electrons. The number of rotatable bonds is 6. The second kappa shape index (κ2) is 9.06. The summed E-state index contributed by atoms with van der Waals surface area (Å²) in [7, 11) is 0. The third kappa shape index (κ3) is 4.98. The fourth-order valence-corrected chi connectivity index (χ4v) is 3.64. The van der Waals surface area contributed by atoms with Gasteiger partial charge in [-0.25, -0.2) is 4.79 Å². The highest BCUT2D eigenvalue weighted by Crippen LogP contribution is 2.46. The van der Waals surface area contributed by atoms with E-state index in [9.17, 15) is 14.7 Å². The van der Waals surface area contributed by atoms with E-state index in [1.54, 1.807) is 54.5 Å². The minimum atomic E-state index is -2.18. The van der Waals surface area contributed by atoms with Crippen LogP contribution in [0.2, 0.25) is 0 Å². The number of ether oxygens (including phenoxy) is 3. The van der Waals surface area contributed by atoms with E-state index in [0.29, 0.717) is 0 Å². The Hall–Kier alpha value is -3.06. The van der Waals surface area contributed by atoms with Gasteiger partial charge in [0.05, 0.1) is 17.9 Å².